The van der Waals surface area contributed by atoms with Crippen molar-refractivity contribution >= 4 is 11.3 Å². The van der Waals surface area contributed by atoms with Gasteiger partial charge in [-0.3, -0.25) is 0 Å². The van der Waals surface area contributed by atoms with Crippen LogP contribution < -0.4 is 5.32 Å². The summed E-state index contributed by atoms with van der Waals surface area (Å²) in [7, 11) is 0. The van der Waals surface area contributed by atoms with Crippen molar-refractivity contribution in [2.75, 3.05) is 0 Å². The fourth-order valence-electron chi connectivity index (χ4n) is 1.62. The lowest BCUT2D eigenvalue weighted by atomic mass is 10.2. The summed E-state index contributed by atoms with van der Waals surface area (Å²) in [5, 5.41) is 4.11. The summed E-state index contributed by atoms with van der Waals surface area (Å²) in [5.74, 6) is -1.09. The minimum atomic E-state index is -0.547. The average molecular weight is 268 g/mol. The maximum Gasteiger partial charge on any atom is 0.126 e. The topological polar surface area (TPSA) is 24.9 Å². The molecule has 2 aromatic rings. The highest BCUT2D eigenvalue weighted by Crippen LogP contribution is 2.13. The van der Waals surface area contributed by atoms with Gasteiger partial charge in [0.1, 0.15) is 16.6 Å². The van der Waals surface area contributed by atoms with E-state index in [1.165, 1.54) is 17.0 Å². The van der Waals surface area contributed by atoms with E-state index in [2.05, 4.69) is 17.2 Å². The number of benzene rings is 1. The van der Waals surface area contributed by atoms with E-state index in [0.717, 1.165) is 17.5 Å². The van der Waals surface area contributed by atoms with Gasteiger partial charge in [0.2, 0.25) is 0 Å². The van der Waals surface area contributed by atoms with Crippen LogP contribution in [0.2, 0.25) is 0 Å². The Bertz CT molecular complexity index is 505. The summed E-state index contributed by atoms with van der Waals surface area (Å²) in [5.41, 5.74) is 0.597. The van der Waals surface area contributed by atoms with E-state index in [1.807, 2.05) is 6.20 Å². The van der Waals surface area contributed by atoms with E-state index in [1.54, 1.807) is 11.3 Å². The SMILES string of the molecule is CCc1cnc(CNCc2cc(F)cc(F)c2)s1. The quantitative estimate of drug-likeness (QED) is 0.900. The highest BCUT2D eigenvalue weighted by Gasteiger charge is 2.02. The first kappa shape index (κ1) is 13.1. The van der Waals surface area contributed by atoms with Crippen LogP contribution in [-0.2, 0) is 19.5 Å². The molecule has 0 aliphatic carbocycles. The lowest BCUT2D eigenvalue weighted by molar-refractivity contribution is 0.575. The van der Waals surface area contributed by atoms with Gasteiger partial charge in [0.15, 0.2) is 0 Å². The molecule has 0 amide bonds. The standard InChI is InChI=1S/C13H14F2N2S/c1-2-12-7-17-13(18-12)8-16-6-9-3-10(14)5-11(15)4-9/h3-5,7,16H,2,6,8H2,1H3. The first-order valence-corrected chi connectivity index (χ1v) is 6.58. The summed E-state index contributed by atoms with van der Waals surface area (Å²) in [6, 6.07) is 3.53. The average Bonchev–Trinajstić information content (AvgIpc) is 2.76. The second-order valence-corrected chi connectivity index (χ2v) is 5.15. The van der Waals surface area contributed by atoms with E-state index in [4.69, 9.17) is 0 Å². The van der Waals surface area contributed by atoms with E-state index < -0.39 is 11.6 Å². The Morgan fingerprint density at radius 2 is 1.89 bits per heavy atom. The predicted molar refractivity (Wildman–Crippen MR) is 68.4 cm³/mol. The molecule has 0 saturated heterocycles. The number of halogens is 2. The molecule has 0 fully saturated rings. The highest BCUT2D eigenvalue weighted by molar-refractivity contribution is 7.11. The molecule has 0 bridgehead atoms. The smallest absolute Gasteiger partial charge is 0.126 e. The van der Waals surface area contributed by atoms with Crippen molar-refractivity contribution < 1.29 is 8.78 Å². The molecule has 96 valence electrons. The maximum atomic E-state index is 12.9. The van der Waals surface area contributed by atoms with Crippen LogP contribution in [0.15, 0.2) is 24.4 Å². The molecular formula is C13H14F2N2S. The summed E-state index contributed by atoms with van der Waals surface area (Å²) in [6.45, 7) is 3.12. The molecule has 0 aliphatic heterocycles. The largest absolute Gasteiger partial charge is 0.306 e. The Kier molecular flexibility index (Phi) is 4.38. The van der Waals surface area contributed by atoms with Gasteiger partial charge in [-0.1, -0.05) is 6.92 Å². The third-order valence-corrected chi connectivity index (χ3v) is 3.62. The molecule has 1 heterocycles. The van der Waals surface area contributed by atoms with Gasteiger partial charge < -0.3 is 5.32 Å². The second kappa shape index (κ2) is 6.02. The first-order valence-electron chi connectivity index (χ1n) is 5.76. The van der Waals surface area contributed by atoms with E-state index in [9.17, 15) is 8.78 Å². The van der Waals surface area contributed by atoms with Crippen molar-refractivity contribution in [1.29, 1.82) is 0 Å². The van der Waals surface area contributed by atoms with Crippen molar-refractivity contribution in [3.63, 3.8) is 0 Å². The van der Waals surface area contributed by atoms with Gasteiger partial charge in [-0.2, -0.15) is 0 Å². The molecule has 0 unspecified atom stereocenters. The Balaban J connectivity index is 1.88. The van der Waals surface area contributed by atoms with Crippen LogP contribution in [0.1, 0.15) is 22.4 Å². The van der Waals surface area contributed by atoms with Gasteiger partial charge in [-0.15, -0.1) is 11.3 Å². The summed E-state index contributed by atoms with van der Waals surface area (Å²) in [4.78, 5) is 5.50. The number of rotatable bonds is 5. The fourth-order valence-corrected chi connectivity index (χ4v) is 2.45. The van der Waals surface area contributed by atoms with Crippen LogP contribution in [0.25, 0.3) is 0 Å². The van der Waals surface area contributed by atoms with E-state index in [-0.39, 0.29) is 0 Å². The molecular weight excluding hydrogens is 254 g/mol. The lowest BCUT2D eigenvalue weighted by Gasteiger charge is -2.03. The van der Waals surface area contributed by atoms with Crippen LogP contribution >= 0.6 is 11.3 Å². The number of nitrogens with zero attached hydrogens (tertiary/aromatic N) is 1. The number of thiazole rings is 1. The third kappa shape index (κ3) is 3.58. The van der Waals surface area contributed by atoms with E-state index >= 15 is 0 Å². The number of hydrogen-bond acceptors (Lipinski definition) is 3. The molecule has 18 heavy (non-hydrogen) atoms. The Morgan fingerprint density at radius 1 is 1.17 bits per heavy atom. The Labute approximate surface area is 109 Å². The zero-order chi connectivity index (χ0) is 13.0. The molecule has 1 aromatic heterocycles. The molecule has 0 saturated carbocycles. The number of hydrogen-bond donors (Lipinski definition) is 1. The van der Waals surface area contributed by atoms with Gasteiger partial charge >= 0.3 is 0 Å². The molecule has 0 atom stereocenters. The van der Waals surface area contributed by atoms with Crippen molar-refractivity contribution in [2.24, 2.45) is 0 Å². The molecule has 5 heteroatoms. The van der Waals surface area contributed by atoms with Crippen LogP contribution in [0.5, 0.6) is 0 Å². The van der Waals surface area contributed by atoms with Crippen molar-refractivity contribution in [3.8, 4) is 0 Å². The third-order valence-electron chi connectivity index (χ3n) is 2.48. The summed E-state index contributed by atoms with van der Waals surface area (Å²) in [6.07, 6.45) is 2.84. The second-order valence-electron chi connectivity index (χ2n) is 3.96. The number of nitrogens with one attached hydrogen (secondary N) is 1. The molecule has 1 N–H and O–H groups in total. The van der Waals surface area contributed by atoms with Crippen LogP contribution in [-0.4, -0.2) is 4.98 Å². The molecule has 0 aliphatic rings. The monoisotopic (exact) mass is 268 g/mol. The van der Waals surface area contributed by atoms with Crippen molar-refractivity contribution in [3.05, 3.63) is 51.5 Å². The summed E-state index contributed by atoms with van der Waals surface area (Å²) < 4.78 is 25.9. The van der Waals surface area contributed by atoms with Crippen LogP contribution in [0.3, 0.4) is 0 Å². The first-order chi connectivity index (χ1) is 8.67. The molecule has 0 spiro atoms. The minimum Gasteiger partial charge on any atom is -0.306 e. The summed E-state index contributed by atoms with van der Waals surface area (Å²) >= 11 is 1.65. The van der Waals surface area contributed by atoms with Gasteiger partial charge in [0.05, 0.1) is 0 Å². The van der Waals surface area contributed by atoms with Gasteiger partial charge in [0.25, 0.3) is 0 Å². The van der Waals surface area contributed by atoms with Gasteiger partial charge in [-0.25, -0.2) is 13.8 Å². The van der Waals surface area contributed by atoms with Crippen molar-refractivity contribution in [1.82, 2.24) is 10.3 Å². The minimum absolute atomic E-state index is 0.426. The van der Waals surface area contributed by atoms with Crippen molar-refractivity contribution in [2.45, 2.75) is 26.4 Å². The zero-order valence-electron chi connectivity index (χ0n) is 10.0. The van der Waals surface area contributed by atoms with Crippen LogP contribution in [0, 0.1) is 11.6 Å². The Morgan fingerprint density at radius 3 is 2.50 bits per heavy atom. The normalized spacial score (nSPS) is 10.8. The van der Waals surface area contributed by atoms with Gasteiger partial charge in [-0.05, 0) is 24.1 Å². The van der Waals surface area contributed by atoms with E-state index in [0.29, 0.717) is 18.7 Å². The molecule has 0 radical (unpaired) electrons. The molecule has 2 nitrogen and oxygen atoms in total. The number of aryl methyl sites for hydroxylation is 1. The molecule has 1 aromatic carbocycles. The highest BCUT2D eigenvalue weighted by atomic mass is 32.1. The molecule has 2 rings (SSSR count). The zero-order valence-corrected chi connectivity index (χ0v) is 10.9. The maximum absolute atomic E-state index is 12.9. The Hall–Kier alpha value is -1.33. The fraction of sp³-hybridized carbons (Fsp3) is 0.308. The van der Waals surface area contributed by atoms with Crippen LogP contribution in [0.4, 0.5) is 8.78 Å². The van der Waals surface area contributed by atoms with Gasteiger partial charge in [0, 0.05) is 30.2 Å². The number of aromatic nitrogens is 1. The lowest BCUT2D eigenvalue weighted by Crippen LogP contribution is -2.12. The predicted octanol–water partition coefficient (Wildman–Crippen LogP) is 3.27.